The summed E-state index contributed by atoms with van der Waals surface area (Å²) in [5.74, 6) is 1.87. The van der Waals surface area contributed by atoms with E-state index in [2.05, 4.69) is 46.7 Å². The lowest BCUT2D eigenvalue weighted by atomic mass is 9.76. The van der Waals surface area contributed by atoms with Gasteiger partial charge in [-0.25, -0.2) is 0 Å². The van der Waals surface area contributed by atoms with Crippen LogP contribution in [0.1, 0.15) is 50.3 Å². The molecule has 1 atom stereocenters. The molecule has 1 fully saturated rings. The van der Waals surface area contributed by atoms with E-state index in [0.717, 1.165) is 11.8 Å². The van der Waals surface area contributed by atoms with Crippen LogP contribution in [0.5, 0.6) is 0 Å². The van der Waals surface area contributed by atoms with Crippen LogP contribution in [-0.4, -0.2) is 13.1 Å². The third-order valence-electron chi connectivity index (χ3n) is 4.62. The molecule has 0 amide bonds. The van der Waals surface area contributed by atoms with E-state index >= 15 is 0 Å². The van der Waals surface area contributed by atoms with Gasteiger partial charge in [-0.1, -0.05) is 32.6 Å². The van der Waals surface area contributed by atoms with Crippen molar-refractivity contribution >= 4 is 27.3 Å². The van der Waals surface area contributed by atoms with Crippen molar-refractivity contribution in [3.8, 4) is 0 Å². The molecule has 1 saturated carbocycles. The van der Waals surface area contributed by atoms with Crippen LogP contribution in [0.25, 0.3) is 0 Å². The summed E-state index contributed by atoms with van der Waals surface area (Å²) in [6.07, 6.45) is 9.70. The molecule has 1 aromatic heterocycles. The Labute approximate surface area is 130 Å². The van der Waals surface area contributed by atoms with Crippen molar-refractivity contribution in [3.05, 3.63) is 20.8 Å². The van der Waals surface area contributed by atoms with E-state index in [9.17, 15) is 0 Å². The minimum Gasteiger partial charge on any atom is -0.316 e. The Kier molecular flexibility index (Phi) is 6.37. The maximum Gasteiger partial charge on any atom is 0.0314 e. The zero-order chi connectivity index (χ0) is 13.7. The highest BCUT2D eigenvalue weighted by Crippen LogP contribution is 2.35. The first-order valence-corrected chi connectivity index (χ1v) is 9.31. The van der Waals surface area contributed by atoms with Crippen LogP contribution in [0.2, 0.25) is 0 Å². The van der Waals surface area contributed by atoms with Gasteiger partial charge in [0.15, 0.2) is 0 Å². The topological polar surface area (TPSA) is 12.0 Å². The van der Waals surface area contributed by atoms with Gasteiger partial charge in [-0.15, -0.1) is 11.3 Å². The summed E-state index contributed by atoms with van der Waals surface area (Å²) < 4.78 is 1.29. The summed E-state index contributed by atoms with van der Waals surface area (Å²) in [5.41, 5.74) is 0. The lowest BCUT2D eigenvalue weighted by molar-refractivity contribution is 0.218. The van der Waals surface area contributed by atoms with Crippen LogP contribution < -0.4 is 5.32 Å². The second-order valence-electron chi connectivity index (χ2n) is 5.86. The fraction of sp³-hybridized carbons (Fsp3) is 0.750. The van der Waals surface area contributed by atoms with Gasteiger partial charge < -0.3 is 5.32 Å². The van der Waals surface area contributed by atoms with Gasteiger partial charge in [-0.2, -0.15) is 0 Å². The van der Waals surface area contributed by atoms with Crippen molar-refractivity contribution in [2.75, 3.05) is 7.05 Å². The zero-order valence-electron chi connectivity index (χ0n) is 12.1. The van der Waals surface area contributed by atoms with Crippen molar-refractivity contribution < 1.29 is 0 Å². The van der Waals surface area contributed by atoms with Gasteiger partial charge in [0.2, 0.25) is 0 Å². The summed E-state index contributed by atoms with van der Waals surface area (Å²) in [7, 11) is 2.13. The first-order valence-electron chi connectivity index (χ1n) is 7.63. The number of halogens is 1. The maximum absolute atomic E-state index is 3.66. The van der Waals surface area contributed by atoms with Crippen molar-refractivity contribution in [2.24, 2.45) is 11.8 Å². The quantitative estimate of drug-likeness (QED) is 0.743. The van der Waals surface area contributed by atoms with E-state index in [1.165, 1.54) is 54.3 Å². The lowest BCUT2D eigenvalue weighted by Gasteiger charge is -2.33. The largest absolute Gasteiger partial charge is 0.316 e. The molecular weight excluding hydrogens is 318 g/mol. The van der Waals surface area contributed by atoms with Gasteiger partial charge in [0.05, 0.1) is 0 Å². The van der Waals surface area contributed by atoms with E-state index in [1.54, 1.807) is 0 Å². The number of rotatable bonds is 6. The molecular formula is C16H26BrNS. The molecule has 1 unspecified atom stereocenters. The average molecular weight is 344 g/mol. The molecule has 2 rings (SSSR count). The van der Waals surface area contributed by atoms with Crippen LogP contribution in [0.15, 0.2) is 15.9 Å². The molecule has 1 aliphatic carbocycles. The summed E-state index contributed by atoms with van der Waals surface area (Å²) >= 11 is 5.54. The van der Waals surface area contributed by atoms with Gasteiger partial charge in [0.25, 0.3) is 0 Å². The summed E-state index contributed by atoms with van der Waals surface area (Å²) in [6.45, 7) is 2.32. The Morgan fingerprint density at radius 3 is 2.63 bits per heavy atom. The lowest BCUT2D eigenvalue weighted by Crippen LogP contribution is -2.37. The Bertz CT molecular complexity index is 369. The normalized spacial score (nSPS) is 25.4. The van der Waals surface area contributed by atoms with E-state index < -0.39 is 0 Å². The van der Waals surface area contributed by atoms with Gasteiger partial charge in [0, 0.05) is 15.4 Å². The molecule has 0 radical (unpaired) electrons. The Morgan fingerprint density at radius 2 is 2.11 bits per heavy atom. The Morgan fingerprint density at radius 1 is 1.37 bits per heavy atom. The maximum atomic E-state index is 3.66. The highest BCUT2D eigenvalue weighted by Gasteiger charge is 2.27. The summed E-state index contributed by atoms with van der Waals surface area (Å²) in [5, 5.41) is 5.75. The Balaban J connectivity index is 1.87. The molecule has 0 aliphatic heterocycles. The van der Waals surface area contributed by atoms with Crippen molar-refractivity contribution in [3.63, 3.8) is 0 Å². The van der Waals surface area contributed by atoms with Crippen molar-refractivity contribution in [2.45, 2.75) is 57.9 Å². The van der Waals surface area contributed by atoms with Crippen molar-refractivity contribution in [1.29, 1.82) is 0 Å². The van der Waals surface area contributed by atoms with Gasteiger partial charge in [-0.3, -0.25) is 0 Å². The van der Waals surface area contributed by atoms with Crippen LogP contribution in [0.3, 0.4) is 0 Å². The smallest absolute Gasteiger partial charge is 0.0314 e. The van der Waals surface area contributed by atoms with Crippen LogP contribution in [-0.2, 0) is 6.42 Å². The predicted octanol–water partition coefficient (Wildman–Crippen LogP) is 5.25. The zero-order valence-corrected chi connectivity index (χ0v) is 14.5. The highest BCUT2D eigenvalue weighted by atomic mass is 79.9. The molecule has 1 nitrogen and oxygen atoms in total. The molecule has 1 aromatic rings. The number of hydrogen-bond acceptors (Lipinski definition) is 2. The van der Waals surface area contributed by atoms with Crippen LogP contribution in [0, 0.1) is 11.8 Å². The molecule has 0 bridgehead atoms. The molecule has 19 heavy (non-hydrogen) atoms. The van der Waals surface area contributed by atoms with E-state index in [0.29, 0.717) is 6.04 Å². The minimum absolute atomic E-state index is 0.650. The molecule has 1 heterocycles. The Hall–Kier alpha value is 0.140. The standard InChI is InChI=1S/C16H26BrNS/c1-3-4-12-5-7-13(8-6-12)15(18-2)11-16-14(17)9-10-19-16/h9-10,12-13,15,18H,3-8,11H2,1-2H3. The molecule has 1 aliphatic rings. The first-order chi connectivity index (χ1) is 9.24. The number of hydrogen-bond donors (Lipinski definition) is 1. The predicted molar refractivity (Wildman–Crippen MR) is 88.9 cm³/mol. The van der Waals surface area contributed by atoms with Crippen LogP contribution >= 0.6 is 27.3 Å². The second kappa shape index (κ2) is 7.80. The first kappa shape index (κ1) is 15.5. The molecule has 3 heteroatoms. The molecule has 108 valence electrons. The van der Waals surface area contributed by atoms with Gasteiger partial charge in [-0.05, 0) is 65.5 Å². The highest BCUT2D eigenvalue weighted by molar-refractivity contribution is 9.10. The monoisotopic (exact) mass is 343 g/mol. The number of thiophene rings is 1. The van der Waals surface area contributed by atoms with E-state index in [4.69, 9.17) is 0 Å². The molecule has 0 saturated heterocycles. The molecule has 1 N–H and O–H groups in total. The van der Waals surface area contributed by atoms with Gasteiger partial charge >= 0.3 is 0 Å². The number of likely N-dealkylation sites (N-methyl/N-ethyl adjacent to an activating group) is 1. The SMILES string of the molecule is CCCC1CCC(C(Cc2sccc2Br)NC)CC1. The van der Waals surface area contributed by atoms with Crippen molar-refractivity contribution in [1.82, 2.24) is 5.32 Å². The molecule has 0 spiro atoms. The van der Waals surface area contributed by atoms with E-state index in [1.807, 2.05) is 11.3 Å². The summed E-state index contributed by atoms with van der Waals surface area (Å²) in [4.78, 5) is 1.50. The van der Waals surface area contributed by atoms with E-state index in [-0.39, 0.29) is 0 Å². The number of nitrogens with one attached hydrogen (secondary N) is 1. The summed E-state index contributed by atoms with van der Waals surface area (Å²) in [6, 6.07) is 2.82. The van der Waals surface area contributed by atoms with Crippen LogP contribution in [0.4, 0.5) is 0 Å². The second-order valence-corrected chi connectivity index (χ2v) is 7.72. The fourth-order valence-corrected chi connectivity index (χ4v) is 5.04. The third-order valence-corrected chi connectivity index (χ3v) is 6.57. The molecule has 0 aromatic carbocycles. The fourth-order valence-electron chi connectivity index (χ4n) is 3.46. The average Bonchev–Trinajstić information content (AvgIpc) is 2.83. The van der Waals surface area contributed by atoms with Gasteiger partial charge in [0.1, 0.15) is 0 Å². The third kappa shape index (κ3) is 4.30. The minimum atomic E-state index is 0.650.